The first kappa shape index (κ1) is 17.7. The number of amides is 1. The molecule has 0 aliphatic heterocycles. The predicted molar refractivity (Wildman–Crippen MR) is 92.7 cm³/mol. The fourth-order valence-corrected chi connectivity index (χ4v) is 3.45. The molecule has 0 bridgehead atoms. The molecule has 0 fully saturated rings. The van der Waals surface area contributed by atoms with Gasteiger partial charge in [-0.25, -0.2) is 13.1 Å². The third-order valence-electron chi connectivity index (χ3n) is 3.41. The maximum atomic E-state index is 12.3. The van der Waals surface area contributed by atoms with Gasteiger partial charge in [0.15, 0.2) is 0 Å². The Labute approximate surface area is 144 Å². The lowest BCUT2D eigenvalue weighted by Crippen LogP contribution is -2.27. The molecule has 2 aromatic rings. The van der Waals surface area contributed by atoms with E-state index in [1.54, 1.807) is 0 Å². The van der Waals surface area contributed by atoms with E-state index in [1.165, 1.54) is 31.3 Å². The highest BCUT2D eigenvalue weighted by Crippen LogP contribution is 2.23. The van der Waals surface area contributed by atoms with Crippen LogP contribution in [0.4, 0.5) is 0 Å². The number of nitrogens with one attached hydrogen (secondary N) is 2. The molecule has 5 nitrogen and oxygen atoms in total. The van der Waals surface area contributed by atoms with Gasteiger partial charge in [-0.15, -0.1) is 0 Å². The normalized spacial score (nSPS) is 12.7. The van der Waals surface area contributed by atoms with Crippen LogP contribution in [0.2, 0.25) is 0 Å². The second-order valence-corrected chi connectivity index (χ2v) is 7.69. The van der Waals surface area contributed by atoms with Gasteiger partial charge in [-0.05, 0) is 49.9 Å². The Morgan fingerprint density at radius 2 is 1.70 bits per heavy atom. The van der Waals surface area contributed by atoms with Gasteiger partial charge in [0.05, 0.1) is 10.9 Å². The predicted octanol–water partition coefficient (Wildman–Crippen LogP) is 2.85. The lowest BCUT2D eigenvalue weighted by atomic mass is 10.1. The molecule has 0 heterocycles. The Kier molecular flexibility index (Phi) is 5.56. The largest absolute Gasteiger partial charge is 0.345 e. The highest BCUT2D eigenvalue weighted by molar-refractivity contribution is 9.10. The lowest BCUT2D eigenvalue weighted by molar-refractivity contribution is 0.0939. The van der Waals surface area contributed by atoms with E-state index in [0.717, 1.165) is 10.0 Å². The second-order valence-electron chi connectivity index (χ2n) is 4.95. The fourth-order valence-electron chi connectivity index (χ4n) is 2.09. The highest BCUT2D eigenvalue weighted by atomic mass is 79.9. The molecule has 0 aliphatic carbocycles. The molecule has 2 N–H and O–H groups in total. The quantitative estimate of drug-likeness (QED) is 0.815. The van der Waals surface area contributed by atoms with Crippen LogP contribution in [0.5, 0.6) is 0 Å². The van der Waals surface area contributed by atoms with Crippen molar-refractivity contribution >= 4 is 31.9 Å². The third-order valence-corrected chi connectivity index (χ3v) is 5.57. The monoisotopic (exact) mass is 396 g/mol. The smallest absolute Gasteiger partial charge is 0.251 e. The molecule has 122 valence electrons. The van der Waals surface area contributed by atoms with Crippen LogP contribution < -0.4 is 10.0 Å². The van der Waals surface area contributed by atoms with Crippen LogP contribution in [0, 0.1) is 0 Å². The number of sulfonamides is 1. The van der Waals surface area contributed by atoms with Gasteiger partial charge < -0.3 is 5.32 Å². The van der Waals surface area contributed by atoms with Gasteiger partial charge in [-0.2, -0.15) is 0 Å². The van der Waals surface area contributed by atoms with Crippen LogP contribution in [-0.2, 0) is 10.0 Å². The molecule has 1 unspecified atom stereocenters. The summed E-state index contributed by atoms with van der Waals surface area (Å²) < 4.78 is 26.5. The summed E-state index contributed by atoms with van der Waals surface area (Å²) in [5.74, 6) is -0.262. The molecule has 0 spiro atoms. The zero-order chi connectivity index (χ0) is 17.0. The number of carbonyl (C=O) groups excluding carboxylic acids is 1. The van der Waals surface area contributed by atoms with Gasteiger partial charge >= 0.3 is 0 Å². The molecular weight excluding hydrogens is 380 g/mol. The topological polar surface area (TPSA) is 75.3 Å². The number of hydrogen-bond acceptors (Lipinski definition) is 3. The summed E-state index contributed by atoms with van der Waals surface area (Å²) in [6.45, 7) is 1.89. The van der Waals surface area contributed by atoms with Crippen molar-refractivity contribution in [2.24, 2.45) is 0 Å². The van der Waals surface area contributed by atoms with Crippen molar-refractivity contribution in [3.63, 3.8) is 0 Å². The highest BCUT2D eigenvalue weighted by Gasteiger charge is 2.15. The van der Waals surface area contributed by atoms with Crippen LogP contribution in [0.15, 0.2) is 57.9 Å². The molecule has 23 heavy (non-hydrogen) atoms. The number of halogens is 1. The van der Waals surface area contributed by atoms with Gasteiger partial charge in [0.1, 0.15) is 0 Å². The molecule has 1 atom stereocenters. The average Bonchev–Trinajstić information content (AvgIpc) is 2.55. The molecule has 0 saturated heterocycles. The maximum Gasteiger partial charge on any atom is 0.251 e. The number of carbonyl (C=O) groups is 1. The van der Waals surface area contributed by atoms with Gasteiger partial charge in [0.25, 0.3) is 5.91 Å². The van der Waals surface area contributed by atoms with Crippen LogP contribution in [0.1, 0.15) is 28.9 Å². The Hall–Kier alpha value is -1.70. The van der Waals surface area contributed by atoms with Gasteiger partial charge in [-0.1, -0.05) is 34.1 Å². The van der Waals surface area contributed by atoms with Crippen molar-refractivity contribution in [2.75, 3.05) is 7.05 Å². The first-order chi connectivity index (χ1) is 10.8. The van der Waals surface area contributed by atoms with Crippen molar-refractivity contribution in [1.29, 1.82) is 0 Å². The van der Waals surface area contributed by atoms with Crippen molar-refractivity contribution in [2.45, 2.75) is 17.9 Å². The van der Waals surface area contributed by atoms with E-state index in [0.29, 0.717) is 5.56 Å². The van der Waals surface area contributed by atoms with E-state index in [-0.39, 0.29) is 16.8 Å². The molecule has 7 heteroatoms. The summed E-state index contributed by atoms with van der Waals surface area (Å²) in [4.78, 5) is 12.4. The molecule has 0 radical (unpaired) electrons. The van der Waals surface area contributed by atoms with Crippen LogP contribution in [0.25, 0.3) is 0 Å². The fraction of sp³-hybridized carbons (Fsp3) is 0.188. The van der Waals surface area contributed by atoms with Gasteiger partial charge in [-0.3, -0.25) is 4.79 Å². The molecule has 2 aromatic carbocycles. The van der Waals surface area contributed by atoms with Crippen molar-refractivity contribution in [1.82, 2.24) is 10.0 Å². The van der Waals surface area contributed by atoms with Gasteiger partial charge in [0, 0.05) is 10.0 Å². The number of rotatable bonds is 5. The summed E-state index contributed by atoms with van der Waals surface area (Å²) in [7, 11) is -2.16. The molecule has 2 rings (SSSR count). The molecule has 1 amide bonds. The van der Waals surface area contributed by atoms with Crippen LogP contribution in [-0.4, -0.2) is 21.4 Å². The van der Waals surface area contributed by atoms with Gasteiger partial charge in [0.2, 0.25) is 10.0 Å². The van der Waals surface area contributed by atoms with Crippen LogP contribution >= 0.6 is 15.9 Å². The average molecular weight is 397 g/mol. The summed E-state index contributed by atoms with van der Waals surface area (Å²) in [6.07, 6.45) is 0. The molecule has 0 aliphatic rings. The summed E-state index contributed by atoms with van der Waals surface area (Å²) >= 11 is 3.46. The summed E-state index contributed by atoms with van der Waals surface area (Å²) in [5.41, 5.74) is 1.37. The van der Waals surface area contributed by atoms with Crippen molar-refractivity contribution < 1.29 is 13.2 Å². The first-order valence-corrected chi connectivity index (χ1v) is 9.21. The van der Waals surface area contributed by atoms with Crippen LogP contribution in [0.3, 0.4) is 0 Å². The zero-order valence-electron chi connectivity index (χ0n) is 12.7. The number of benzene rings is 2. The Morgan fingerprint density at radius 1 is 1.09 bits per heavy atom. The van der Waals surface area contributed by atoms with E-state index in [4.69, 9.17) is 0 Å². The van der Waals surface area contributed by atoms with E-state index >= 15 is 0 Å². The molecular formula is C16H17BrN2O3S. The SMILES string of the molecule is CNS(=O)(=O)c1ccc(C(=O)NC(C)c2ccccc2Br)cc1. The third kappa shape index (κ3) is 4.19. The summed E-state index contributed by atoms with van der Waals surface area (Å²) in [6, 6.07) is 13.3. The second kappa shape index (κ2) is 7.25. The molecule has 0 aromatic heterocycles. The minimum Gasteiger partial charge on any atom is -0.345 e. The van der Waals surface area contributed by atoms with E-state index in [1.807, 2.05) is 31.2 Å². The van der Waals surface area contributed by atoms with Crippen molar-refractivity contribution in [3.05, 3.63) is 64.1 Å². The van der Waals surface area contributed by atoms with Crippen molar-refractivity contribution in [3.8, 4) is 0 Å². The van der Waals surface area contributed by atoms with E-state index in [2.05, 4.69) is 26.0 Å². The molecule has 0 saturated carbocycles. The summed E-state index contributed by atoms with van der Waals surface area (Å²) in [5, 5.41) is 2.89. The maximum absolute atomic E-state index is 12.3. The Morgan fingerprint density at radius 3 is 2.26 bits per heavy atom. The minimum atomic E-state index is -3.50. The lowest BCUT2D eigenvalue weighted by Gasteiger charge is -2.16. The minimum absolute atomic E-state index is 0.121. The zero-order valence-corrected chi connectivity index (χ0v) is 15.1. The Balaban J connectivity index is 2.14. The van der Waals surface area contributed by atoms with E-state index in [9.17, 15) is 13.2 Å². The Bertz CT molecular complexity index is 804. The van der Waals surface area contributed by atoms with E-state index < -0.39 is 10.0 Å². The number of hydrogen-bond donors (Lipinski definition) is 2. The first-order valence-electron chi connectivity index (χ1n) is 6.94. The standard InChI is InChI=1S/C16H17BrN2O3S/c1-11(14-5-3-4-6-15(14)17)19-16(20)12-7-9-13(10-8-12)23(21,22)18-2/h3-11,18H,1-2H3,(H,19,20).